The van der Waals surface area contributed by atoms with Crippen LogP contribution in [0.1, 0.15) is 42.9 Å². The lowest BCUT2D eigenvalue weighted by molar-refractivity contribution is 0.362. The number of aryl methyl sites for hydroxylation is 1. The molecule has 1 fully saturated rings. The summed E-state index contributed by atoms with van der Waals surface area (Å²) in [5.41, 5.74) is 0.413. The minimum Gasteiger partial charge on any atom is -0.311 e. The number of rotatable bonds is 4. The van der Waals surface area contributed by atoms with E-state index in [0.717, 1.165) is 0 Å². The van der Waals surface area contributed by atoms with Gasteiger partial charge in [-0.15, -0.1) is 11.3 Å². The van der Waals surface area contributed by atoms with E-state index in [0.29, 0.717) is 5.54 Å². The average molecular weight is 223 g/mol. The summed E-state index contributed by atoms with van der Waals surface area (Å²) in [5, 5.41) is 3.70. The molecule has 2 heterocycles. The van der Waals surface area contributed by atoms with Gasteiger partial charge in [-0.1, -0.05) is 13.8 Å². The fraction of sp³-hybridized carbons (Fsp3) is 0.692. The fourth-order valence-corrected chi connectivity index (χ4v) is 3.59. The molecular weight excluding hydrogens is 202 g/mol. The summed E-state index contributed by atoms with van der Waals surface area (Å²) < 4.78 is 0. The molecule has 1 nitrogen and oxygen atoms in total. The highest BCUT2D eigenvalue weighted by Gasteiger charge is 2.31. The Morgan fingerprint density at radius 1 is 1.33 bits per heavy atom. The van der Waals surface area contributed by atoms with Gasteiger partial charge in [-0.2, -0.15) is 0 Å². The standard InChI is InChI=1S/C13H21NS/c1-3-11-6-7-12(15-11)10-13(4-2)8-5-9-14-13/h6-7,14H,3-5,8-10H2,1-2H3. The first-order valence-electron chi connectivity index (χ1n) is 6.10. The molecule has 1 aromatic heterocycles. The predicted molar refractivity (Wildman–Crippen MR) is 67.7 cm³/mol. The zero-order valence-corrected chi connectivity index (χ0v) is 10.6. The Labute approximate surface area is 96.9 Å². The van der Waals surface area contributed by atoms with Crippen LogP contribution in [0.25, 0.3) is 0 Å². The molecule has 0 aliphatic carbocycles. The predicted octanol–water partition coefficient (Wildman–Crippen LogP) is 3.39. The van der Waals surface area contributed by atoms with E-state index in [1.165, 1.54) is 43.5 Å². The Morgan fingerprint density at radius 3 is 2.67 bits per heavy atom. The van der Waals surface area contributed by atoms with Crippen molar-refractivity contribution in [1.29, 1.82) is 0 Å². The number of hydrogen-bond acceptors (Lipinski definition) is 2. The minimum atomic E-state index is 0.413. The summed E-state index contributed by atoms with van der Waals surface area (Å²) in [7, 11) is 0. The van der Waals surface area contributed by atoms with Crippen molar-refractivity contribution in [3.8, 4) is 0 Å². The molecular formula is C13H21NS. The first-order chi connectivity index (χ1) is 7.28. The molecule has 1 unspecified atom stereocenters. The lowest BCUT2D eigenvalue weighted by atomic mass is 9.90. The van der Waals surface area contributed by atoms with E-state index in [4.69, 9.17) is 0 Å². The van der Waals surface area contributed by atoms with Crippen LogP contribution in [0.3, 0.4) is 0 Å². The molecule has 0 spiro atoms. The second-order valence-corrected chi connectivity index (χ2v) is 5.82. The van der Waals surface area contributed by atoms with Gasteiger partial charge < -0.3 is 5.32 Å². The molecule has 0 amide bonds. The van der Waals surface area contributed by atoms with Crippen molar-refractivity contribution in [3.05, 3.63) is 21.9 Å². The Balaban J connectivity index is 2.05. The van der Waals surface area contributed by atoms with Gasteiger partial charge in [0.2, 0.25) is 0 Å². The Bertz CT molecular complexity index is 310. The maximum atomic E-state index is 3.70. The molecule has 1 aromatic rings. The molecule has 0 saturated carbocycles. The van der Waals surface area contributed by atoms with Gasteiger partial charge in [0, 0.05) is 15.3 Å². The van der Waals surface area contributed by atoms with Crippen LogP contribution < -0.4 is 5.32 Å². The van der Waals surface area contributed by atoms with Gasteiger partial charge in [0.25, 0.3) is 0 Å². The zero-order chi connectivity index (χ0) is 10.7. The van der Waals surface area contributed by atoms with E-state index in [-0.39, 0.29) is 0 Å². The second-order valence-electron chi connectivity index (χ2n) is 4.56. The third-order valence-electron chi connectivity index (χ3n) is 3.59. The van der Waals surface area contributed by atoms with Crippen molar-refractivity contribution < 1.29 is 0 Å². The van der Waals surface area contributed by atoms with E-state index >= 15 is 0 Å². The highest BCUT2D eigenvalue weighted by molar-refractivity contribution is 7.12. The molecule has 84 valence electrons. The second kappa shape index (κ2) is 4.67. The van der Waals surface area contributed by atoms with Crippen molar-refractivity contribution in [2.75, 3.05) is 6.54 Å². The van der Waals surface area contributed by atoms with Gasteiger partial charge in [0.1, 0.15) is 0 Å². The Kier molecular flexibility index (Phi) is 3.47. The van der Waals surface area contributed by atoms with Crippen LogP contribution in [-0.4, -0.2) is 12.1 Å². The summed E-state index contributed by atoms with van der Waals surface area (Å²) >= 11 is 1.99. The lowest BCUT2D eigenvalue weighted by Crippen LogP contribution is -2.40. The van der Waals surface area contributed by atoms with Crippen molar-refractivity contribution in [2.24, 2.45) is 0 Å². The van der Waals surface area contributed by atoms with Crippen LogP contribution in [0.15, 0.2) is 12.1 Å². The van der Waals surface area contributed by atoms with Crippen molar-refractivity contribution in [3.63, 3.8) is 0 Å². The maximum absolute atomic E-state index is 3.70. The monoisotopic (exact) mass is 223 g/mol. The highest BCUT2D eigenvalue weighted by atomic mass is 32.1. The third-order valence-corrected chi connectivity index (χ3v) is 4.82. The van der Waals surface area contributed by atoms with Crippen molar-refractivity contribution >= 4 is 11.3 Å². The van der Waals surface area contributed by atoms with Crippen molar-refractivity contribution in [2.45, 2.75) is 51.5 Å². The van der Waals surface area contributed by atoms with Crippen LogP contribution in [0.5, 0.6) is 0 Å². The third kappa shape index (κ3) is 2.43. The van der Waals surface area contributed by atoms with Gasteiger partial charge in [-0.3, -0.25) is 0 Å². The number of nitrogens with one attached hydrogen (secondary N) is 1. The van der Waals surface area contributed by atoms with E-state index in [1.807, 2.05) is 11.3 Å². The molecule has 2 heteroatoms. The average Bonchev–Trinajstić information content (AvgIpc) is 2.88. The molecule has 1 N–H and O–H groups in total. The number of thiophene rings is 1. The molecule has 0 radical (unpaired) electrons. The van der Waals surface area contributed by atoms with Crippen LogP contribution in [0.2, 0.25) is 0 Å². The molecule has 2 rings (SSSR count). The van der Waals surface area contributed by atoms with Gasteiger partial charge in [-0.25, -0.2) is 0 Å². The normalized spacial score (nSPS) is 26.0. The summed E-state index contributed by atoms with van der Waals surface area (Å²) in [6.45, 7) is 5.76. The van der Waals surface area contributed by atoms with Gasteiger partial charge in [0.05, 0.1) is 0 Å². The molecule has 1 aliphatic rings. The molecule has 0 aromatic carbocycles. The molecule has 1 saturated heterocycles. The SMILES string of the molecule is CCc1ccc(CC2(CC)CCCN2)s1. The number of hydrogen-bond donors (Lipinski definition) is 1. The van der Waals surface area contributed by atoms with Crippen LogP contribution in [0, 0.1) is 0 Å². The maximum Gasteiger partial charge on any atom is 0.0227 e. The van der Waals surface area contributed by atoms with E-state index in [9.17, 15) is 0 Å². The lowest BCUT2D eigenvalue weighted by Gasteiger charge is -2.27. The summed E-state index contributed by atoms with van der Waals surface area (Å²) in [4.78, 5) is 3.08. The quantitative estimate of drug-likeness (QED) is 0.825. The largest absolute Gasteiger partial charge is 0.311 e. The summed E-state index contributed by atoms with van der Waals surface area (Å²) in [6.07, 6.45) is 6.36. The molecule has 15 heavy (non-hydrogen) atoms. The van der Waals surface area contributed by atoms with Crippen LogP contribution in [0.4, 0.5) is 0 Å². The van der Waals surface area contributed by atoms with Crippen LogP contribution >= 0.6 is 11.3 Å². The smallest absolute Gasteiger partial charge is 0.0227 e. The molecule has 1 atom stereocenters. The van der Waals surface area contributed by atoms with Gasteiger partial charge >= 0.3 is 0 Å². The van der Waals surface area contributed by atoms with E-state index in [1.54, 1.807) is 4.88 Å². The fourth-order valence-electron chi connectivity index (χ4n) is 2.49. The summed E-state index contributed by atoms with van der Waals surface area (Å²) in [5.74, 6) is 0. The van der Waals surface area contributed by atoms with Crippen molar-refractivity contribution in [1.82, 2.24) is 5.32 Å². The zero-order valence-electron chi connectivity index (χ0n) is 9.81. The first kappa shape index (κ1) is 11.2. The Hall–Kier alpha value is -0.340. The highest BCUT2D eigenvalue weighted by Crippen LogP contribution is 2.30. The molecule has 1 aliphatic heterocycles. The Morgan fingerprint density at radius 2 is 2.13 bits per heavy atom. The van der Waals surface area contributed by atoms with E-state index < -0.39 is 0 Å². The minimum absolute atomic E-state index is 0.413. The first-order valence-corrected chi connectivity index (χ1v) is 6.92. The van der Waals surface area contributed by atoms with Crippen LogP contribution in [-0.2, 0) is 12.8 Å². The topological polar surface area (TPSA) is 12.0 Å². The molecule has 0 bridgehead atoms. The van der Waals surface area contributed by atoms with Gasteiger partial charge in [-0.05, 0) is 50.8 Å². The summed E-state index contributed by atoms with van der Waals surface area (Å²) in [6, 6.07) is 4.61. The van der Waals surface area contributed by atoms with E-state index in [2.05, 4.69) is 31.3 Å². The van der Waals surface area contributed by atoms with Gasteiger partial charge in [0.15, 0.2) is 0 Å².